The zero-order valence-electron chi connectivity index (χ0n) is 9.07. The minimum atomic E-state index is -0.371. The van der Waals surface area contributed by atoms with Crippen LogP contribution in [-0.2, 0) is 9.53 Å². The largest absolute Gasteiger partial charge is 0.458 e. The topological polar surface area (TPSA) is 26.3 Å². The number of halogens is 1. The Hall–Kier alpha value is -1.35. The summed E-state index contributed by atoms with van der Waals surface area (Å²) in [5.74, 6) is -0.371. The van der Waals surface area contributed by atoms with Gasteiger partial charge in [-0.1, -0.05) is 52.8 Å². The summed E-state index contributed by atoms with van der Waals surface area (Å²) in [6.07, 6.45) is 1.80. The van der Waals surface area contributed by atoms with Crippen LogP contribution in [0.2, 0.25) is 0 Å². The van der Waals surface area contributed by atoms with E-state index in [1.165, 1.54) is 0 Å². The van der Waals surface area contributed by atoms with Crippen molar-refractivity contribution in [3.63, 3.8) is 0 Å². The lowest BCUT2D eigenvalue weighted by Crippen LogP contribution is -2.04. The van der Waals surface area contributed by atoms with E-state index in [4.69, 9.17) is 4.74 Å². The molecule has 0 aliphatic rings. The van der Waals surface area contributed by atoms with E-state index in [9.17, 15) is 4.79 Å². The quantitative estimate of drug-likeness (QED) is 0.623. The molecule has 0 atom stereocenters. The fourth-order valence-corrected chi connectivity index (χ4v) is 1.43. The number of benzene rings is 1. The highest BCUT2D eigenvalue weighted by Crippen LogP contribution is 2.20. The van der Waals surface area contributed by atoms with E-state index in [0.29, 0.717) is 5.57 Å². The fourth-order valence-electron chi connectivity index (χ4n) is 1.03. The van der Waals surface area contributed by atoms with E-state index in [-0.39, 0.29) is 12.6 Å². The van der Waals surface area contributed by atoms with Crippen LogP contribution in [0.3, 0.4) is 0 Å². The van der Waals surface area contributed by atoms with Gasteiger partial charge in [-0.3, -0.25) is 0 Å². The number of hydrogen-bond acceptors (Lipinski definition) is 2. The van der Waals surface area contributed by atoms with Gasteiger partial charge in [-0.15, -0.1) is 0 Å². The molecule has 0 amide bonds. The Morgan fingerprint density at radius 3 is 2.62 bits per heavy atom. The smallest absolute Gasteiger partial charge is 0.333 e. The average Bonchev–Trinajstić information content (AvgIpc) is 2.29. The van der Waals surface area contributed by atoms with Crippen molar-refractivity contribution in [3.05, 3.63) is 54.1 Å². The van der Waals surface area contributed by atoms with Crippen molar-refractivity contribution in [3.8, 4) is 0 Å². The van der Waals surface area contributed by atoms with Crippen molar-refractivity contribution in [2.24, 2.45) is 0 Å². The third kappa shape index (κ3) is 4.03. The number of ether oxygens (including phenoxy) is 1. The van der Waals surface area contributed by atoms with E-state index in [2.05, 4.69) is 22.5 Å². The average molecular weight is 281 g/mol. The van der Waals surface area contributed by atoms with Crippen LogP contribution >= 0.6 is 15.9 Å². The monoisotopic (exact) mass is 280 g/mol. The van der Waals surface area contributed by atoms with E-state index >= 15 is 0 Å². The van der Waals surface area contributed by atoms with Crippen molar-refractivity contribution < 1.29 is 9.53 Å². The second kappa shape index (κ2) is 6.28. The van der Waals surface area contributed by atoms with E-state index in [1.807, 2.05) is 30.3 Å². The predicted octanol–water partition coefficient (Wildman–Crippen LogP) is 3.54. The third-order valence-corrected chi connectivity index (χ3v) is 2.66. The Morgan fingerprint density at radius 2 is 2.06 bits per heavy atom. The number of carbonyl (C=O) groups is 1. The van der Waals surface area contributed by atoms with Crippen LogP contribution in [0.25, 0.3) is 4.48 Å². The molecule has 0 fully saturated rings. The molecule has 84 valence electrons. The normalized spacial score (nSPS) is 11.0. The Labute approximate surface area is 104 Å². The summed E-state index contributed by atoms with van der Waals surface area (Å²) in [5.41, 5.74) is 1.46. The van der Waals surface area contributed by atoms with Crippen molar-refractivity contribution in [2.75, 3.05) is 6.61 Å². The van der Waals surface area contributed by atoms with Crippen molar-refractivity contribution in [1.29, 1.82) is 0 Å². The van der Waals surface area contributed by atoms with Crippen molar-refractivity contribution >= 4 is 26.4 Å². The second-order valence-electron chi connectivity index (χ2n) is 3.30. The lowest BCUT2D eigenvalue weighted by molar-refractivity contribution is -0.137. The van der Waals surface area contributed by atoms with Gasteiger partial charge in [0.05, 0.1) is 0 Å². The minimum absolute atomic E-state index is 0.237. The number of rotatable bonds is 4. The number of hydrogen-bond donors (Lipinski definition) is 0. The summed E-state index contributed by atoms with van der Waals surface area (Å²) in [6.45, 7) is 5.36. The first-order valence-corrected chi connectivity index (χ1v) is 5.64. The number of esters is 1. The highest BCUT2D eigenvalue weighted by molar-refractivity contribution is 9.15. The maximum atomic E-state index is 11.1. The lowest BCUT2D eigenvalue weighted by Gasteiger charge is -2.02. The van der Waals surface area contributed by atoms with Gasteiger partial charge in [-0.25, -0.2) is 4.79 Å². The van der Waals surface area contributed by atoms with Crippen LogP contribution in [-0.4, -0.2) is 12.6 Å². The standard InChI is InChI=1S/C13H13BrO2/c1-10(2)13(15)16-9-8-12(14)11-6-4-3-5-7-11/h3-8H,1,9H2,2H3. The van der Waals surface area contributed by atoms with Gasteiger partial charge >= 0.3 is 5.97 Å². The Kier molecular flexibility index (Phi) is 4.99. The third-order valence-electron chi connectivity index (χ3n) is 1.88. The highest BCUT2D eigenvalue weighted by Gasteiger charge is 2.01. The predicted molar refractivity (Wildman–Crippen MR) is 69.1 cm³/mol. The van der Waals surface area contributed by atoms with Gasteiger partial charge in [0.15, 0.2) is 0 Å². The number of carbonyl (C=O) groups excluding carboxylic acids is 1. The molecule has 0 radical (unpaired) electrons. The molecule has 0 aromatic heterocycles. The van der Waals surface area contributed by atoms with Crippen LogP contribution < -0.4 is 0 Å². The van der Waals surface area contributed by atoms with Crippen LogP contribution in [0.4, 0.5) is 0 Å². The van der Waals surface area contributed by atoms with Gasteiger partial charge in [0.25, 0.3) is 0 Å². The molecule has 0 saturated heterocycles. The molecular formula is C13H13BrO2. The summed E-state index contributed by atoms with van der Waals surface area (Å²) < 4.78 is 5.86. The molecular weight excluding hydrogens is 268 g/mol. The molecule has 16 heavy (non-hydrogen) atoms. The first-order valence-electron chi connectivity index (χ1n) is 4.85. The van der Waals surface area contributed by atoms with Gasteiger partial charge in [0, 0.05) is 10.1 Å². The fraction of sp³-hybridized carbons (Fsp3) is 0.154. The molecule has 3 heteroatoms. The van der Waals surface area contributed by atoms with Crippen LogP contribution in [0.1, 0.15) is 12.5 Å². The van der Waals surface area contributed by atoms with Gasteiger partial charge < -0.3 is 4.74 Å². The molecule has 2 nitrogen and oxygen atoms in total. The zero-order valence-corrected chi connectivity index (χ0v) is 10.7. The summed E-state index contributed by atoms with van der Waals surface area (Å²) in [6, 6.07) is 9.79. The zero-order chi connectivity index (χ0) is 12.0. The molecule has 1 aromatic carbocycles. The summed E-state index contributed by atoms with van der Waals surface area (Å²) in [4.78, 5) is 11.1. The molecule has 0 spiro atoms. The van der Waals surface area contributed by atoms with Crippen LogP contribution in [0.15, 0.2) is 48.6 Å². The molecule has 0 N–H and O–H groups in total. The first kappa shape index (κ1) is 12.7. The van der Waals surface area contributed by atoms with Gasteiger partial charge in [-0.05, 0) is 18.6 Å². The molecule has 0 unspecified atom stereocenters. The SMILES string of the molecule is C=C(C)C(=O)OCC=C(Br)c1ccccc1. The molecule has 0 heterocycles. The van der Waals surface area contributed by atoms with Crippen molar-refractivity contribution in [2.45, 2.75) is 6.92 Å². The molecule has 1 rings (SSSR count). The molecule has 0 aliphatic heterocycles. The molecule has 1 aromatic rings. The summed E-state index contributed by atoms with van der Waals surface area (Å²) in [5, 5.41) is 0. The van der Waals surface area contributed by atoms with Gasteiger partial charge in [0.1, 0.15) is 6.61 Å². The van der Waals surface area contributed by atoms with E-state index in [0.717, 1.165) is 10.0 Å². The van der Waals surface area contributed by atoms with Gasteiger partial charge in [0.2, 0.25) is 0 Å². The maximum Gasteiger partial charge on any atom is 0.333 e. The Bertz CT molecular complexity index is 407. The molecule has 0 bridgehead atoms. The van der Waals surface area contributed by atoms with Gasteiger partial charge in [-0.2, -0.15) is 0 Å². The molecule has 0 aliphatic carbocycles. The first-order chi connectivity index (χ1) is 7.61. The molecule has 0 saturated carbocycles. The van der Waals surface area contributed by atoms with Crippen LogP contribution in [0, 0.1) is 0 Å². The highest BCUT2D eigenvalue weighted by atomic mass is 79.9. The van der Waals surface area contributed by atoms with Crippen molar-refractivity contribution in [1.82, 2.24) is 0 Å². The Balaban J connectivity index is 2.53. The lowest BCUT2D eigenvalue weighted by atomic mass is 10.2. The maximum absolute atomic E-state index is 11.1. The second-order valence-corrected chi connectivity index (χ2v) is 4.15. The summed E-state index contributed by atoms with van der Waals surface area (Å²) >= 11 is 3.42. The summed E-state index contributed by atoms with van der Waals surface area (Å²) in [7, 11) is 0. The van der Waals surface area contributed by atoms with E-state index < -0.39 is 0 Å². The van der Waals surface area contributed by atoms with Crippen LogP contribution in [0.5, 0.6) is 0 Å². The Morgan fingerprint density at radius 1 is 1.44 bits per heavy atom. The minimum Gasteiger partial charge on any atom is -0.458 e. The van der Waals surface area contributed by atoms with E-state index in [1.54, 1.807) is 13.0 Å².